The summed E-state index contributed by atoms with van der Waals surface area (Å²) in [6, 6.07) is 53.6. The SMILES string of the molecule is CN1CN=c2ccccc2=C1N(c1ccccc1)c1ccc2ccc3c(N(c4ccccc4)c4ccccc4F)ccc4ccc1c2c43. The standard InChI is InChI=1S/C43H31FN4/c1-46-28-45-37-18-10-8-16-33(37)43(46)48(32-14-6-3-7-15-32)39-27-23-30-20-24-34-38(26-22-29-21-25-35(39)42(30)41(29)34)47(31-12-4-2-5-13-31)40-19-11-9-17-36(40)44/h2-27H,28H2,1H3. The average molecular weight is 623 g/mol. The molecule has 1 heterocycles. The van der Waals surface area contributed by atoms with E-state index < -0.39 is 0 Å². The topological polar surface area (TPSA) is 22.1 Å². The zero-order valence-electron chi connectivity index (χ0n) is 26.4. The van der Waals surface area contributed by atoms with E-state index in [-0.39, 0.29) is 5.82 Å². The van der Waals surface area contributed by atoms with Crippen molar-refractivity contribution in [1.82, 2.24) is 4.90 Å². The lowest BCUT2D eigenvalue weighted by Gasteiger charge is -2.35. The molecule has 1 aliphatic heterocycles. The summed E-state index contributed by atoms with van der Waals surface area (Å²) in [4.78, 5) is 11.5. The lowest BCUT2D eigenvalue weighted by atomic mass is 9.91. The van der Waals surface area contributed by atoms with Gasteiger partial charge in [0.25, 0.3) is 0 Å². The van der Waals surface area contributed by atoms with Gasteiger partial charge in [-0.05, 0) is 82.2 Å². The molecule has 8 aromatic rings. The maximum absolute atomic E-state index is 15.6. The summed E-state index contributed by atoms with van der Waals surface area (Å²) in [7, 11) is 2.10. The quantitative estimate of drug-likeness (QED) is 0.173. The molecule has 0 saturated carbocycles. The molecule has 1 aliphatic rings. The largest absolute Gasteiger partial charge is 0.341 e. The number of hydrogen-bond acceptors (Lipinski definition) is 4. The number of para-hydroxylation sites is 4. The fourth-order valence-electron chi connectivity index (χ4n) is 7.28. The highest BCUT2D eigenvalue weighted by Gasteiger charge is 2.25. The monoisotopic (exact) mass is 622 g/mol. The van der Waals surface area contributed by atoms with Crippen molar-refractivity contribution in [3.05, 3.63) is 174 Å². The second kappa shape index (κ2) is 11.2. The predicted molar refractivity (Wildman–Crippen MR) is 197 cm³/mol. The maximum Gasteiger partial charge on any atom is 0.147 e. The van der Waals surface area contributed by atoms with E-state index in [0.717, 1.165) is 66.1 Å². The van der Waals surface area contributed by atoms with Gasteiger partial charge in [-0.1, -0.05) is 97.1 Å². The Balaban J connectivity index is 1.35. The normalized spacial score (nSPS) is 12.8. The van der Waals surface area contributed by atoms with Crippen molar-refractivity contribution >= 4 is 66.6 Å². The van der Waals surface area contributed by atoms with Gasteiger partial charge in [0.15, 0.2) is 0 Å². The molecule has 230 valence electrons. The summed E-state index contributed by atoms with van der Waals surface area (Å²) in [5, 5.41) is 8.93. The smallest absolute Gasteiger partial charge is 0.147 e. The summed E-state index contributed by atoms with van der Waals surface area (Å²) in [6.45, 7) is 0.566. The number of benzene rings is 8. The predicted octanol–water partition coefficient (Wildman–Crippen LogP) is 9.62. The first-order valence-corrected chi connectivity index (χ1v) is 16.2. The van der Waals surface area contributed by atoms with Gasteiger partial charge in [0, 0.05) is 34.4 Å². The number of hydrogen-bond donors (Lipinski definition) is 0. The molecule has 0 N–H and O–H groups in total. The molecule has 48 heavy (non-hydrogen) atoms. The van der Waals surface area contributed by atoms with Crippen molar-refractivity contribution in [2.75, 3.05) is 23.5 Å². The Kier molecular flexibility index (Phi) is 6.57. The zero-order valence-corrected chi connectivity index (χ0v) is 26.4. The molecule has 9 rings (SSSR count). The first-order chi connectivity index (χ1) is 23.7. The van der Waals surface area contributed by atoms with E-state index in [4.69, 9.17) is 4.99 Å². The van der Waals surface area contributed by atoms with Gasteiger partial charge in [-0.15, -0.1) is 0 Å². The van der Waals surface area contributed by atoms with Crippen LogP contribution in [0.15, 0.2) is 163 Å². The molecule has 0 spiro atoms. The Morgan fingerprint density at radius 1 is 0.521 bits per heavy atom. The molecule has 5 heteroatoms. The van der Waals surface area contributed by atoms with Gasteiger partial charge in [0.2, 0.25) is 0 Å². The van der Waals surface area contributed by atoms with Crippen molar-refractivity contribution in [3.63, 3.8) is 0 Å². The summed E-state index contributed by atoms with van der Waals surface area (Å²) in [6.07, 6.45) is 0. The molecule has 0 unspecified atom stereocenters. The molecule has 0 saturated heterocycles. The summed E-state index contributed by atoms with van der Waals surface area (Å²) >= 11 is 0. The molecule has 8 aromatic carbocycles. The summed E-state index contributed by atoms with van der Waals surface area (Å²) in [5.41, 5.74) is 4.49. The molecule has 0 bridgehead atoms. The molecule has 4 nitrogen and oxygen atoms in total. The fourth-order valence-corrected chi connectivity index (χ4v) is 7.28. The minimum Gasteiger partial charge on any atom is -0.341 e. The minimum atomic E-state index is -0.270. The lowest BCUT2D eigenvalue weighted by molar-refractivity contribution is 0.467. The zero-order chi connectivity index (χ0) is 32.2. The molecule has 0 fully saturated rings. The van der Waals surface area contributed by atoms with Gasteiger partial charge in [-0.25, -0.2) is 4.39 Å². The second-order valence-electron chi connectivity index (χ2n) is 12.2. The van der Waals surface area contributed by atoms with Crippen LogP contribution in [0.2, 0.25) is 0 Å². The number of nitrogens with zero attached hydrogens (tertiary/aromatic N) is 4. The van der Waals surface area contributed by atoms with Crippen molar-refractivity contribution in [3.8, 4) is 0 Å². The summed E-state index contributed by atoms with van der Waals surface area (Å²) < 4.78 is 15.6. The van der Waals surface area contributed by atoms with E-state index in [9.17, 15) is 0 Å². The molecule has 0 aromatic heterocycles. The Bertz CT molecular complexity index is 2580. The number of fused-ring (bicyclic) bond motifs is 1. The molecule has 0 amide bonds. The Hall–Kier alpha value is -6.20. The third kappa shape index (κ3) is 4.39. The molecular weight excluding hydrogens is 591 g/mol. The van der Waals surface area contributed by atoms with Crippen LogP contribution in [0.25, 0.3) is 38.1 Å². The van der Waals surface area contributed by atoms with Gasteiger partial charge in [0.1, 0.15) is 18.3 Å². The van der Waals surface area contributed by atoms with Gasteiger partial charge in [-0.2, -0.15) is 0 Å². The average Bonchev–Trinajstić information content (AvgIpc) is 3.14. The number of anilines is 5. The fraction of sp³-hybridized carbons (Fsp3) is 0.0465. The van der Waals surface area contributed by atoms with Crippen molar-refractivity contribution < 1.29 is 4.39 Å². The van der Waals surface area contributed by atoms with Gasteiger partial charge >= 0.3 is 0 Å². The van der Waals surface area contributed by atoms with E-state index in [1.54, 1.807) is 6.07 Å². The second-order valence-corrected chi connectivity index (χ2v) is 12.2. The molecular formula is C43H31FN4. The first kappa shape index (κ1) is 28.1. The first-order valence-electron chi connectivity index (χ1n) is 16.2. The van der Waals surface area contributed by atoms with Gasteiger partial charge in [-0.3, -0.25) is 9.89 Å². The van der Waals surface area contributed by atoms with Crippen molar-refractivity contribution in [1.29, 1.82) is 0 Å². The van der Waals surface area contributed by atoms with Crippen LogP contribution in [0.5, 0.6) is 0 Å². The van der Waals surface area contributed by atoms with E-state index in [2.05, 4.69) is 114 Å². The van der Waals surface area contributed by atoms with Crippen LogP contribution in [0.4, 0.5) is 32.8 Å². The molecule has 0 aliphatic carbocycles. The van der Waals surface area contributed by atoms with Crippen molar-refractivity contribution in [2.45, 2.75) is 0 Å². The van der Waals surface area contributed by atoms with Crippen LogP contribution in [0, 0.1) is 5.82 Å². The van der Waals surface area contributed by atoms with Crippen LogP contribution in [-0.4, -0.2) is 18.6 Å². The minimum absolute atomic E-state index is 0.270. The number of rotatable bonds is 6. The van der Waals surface area contributed by atoms with E-state index in [0.29, 0.717) is 12.4 Å². The Morgan fingerprint density at radius 3 is 1.69 bits per heavy atom. The van der Waals surface area contributed by atoms with Gasteiger partial charge < -0.3 is 9.80 Å². The van der Waals surface area contributed by atoms with Crippen molar-refractivity contribution in [2.24, 2.45) is 4.99 Å². The van der Waals surface area contributed by atoms with Crippen LogP contribution in [0.3, 0.4) is 0 Å². The van der Waals surface area contributed by atoms with E-state index in [1.165, 1.54) is 11.5 Å². The third-order valence-corrected chi connectivity index (χ3v) is 9.39. The highest BCUT2D eigenvalue weighted by atomic mass is 19.1. The van der Waals surface area contributed by atoms with Crippen LogP contribution < -0.4 is 20.4 Å². The van der Waals surface area contributed by atoms with E-state index in [1.807, 2.05) is 53.4 Å². The Labute approximate surface area is 277 Å². The maximum atomic E-state index is 15.6. The lowest BCUT2D eigenvalue weighted by Crippen LogP contribution is -2.44. The number of halogens is 1. The molecule has 0 atom stereocenters. The van der Waals surface area contributed by atoms with Crippen LogP contribution in [-0.2, 0) is 0 Å². The summed E-state index contributed by atoms with van der Waals surface area (Å²) in [5.74, 6) is 0.811. The molecule has 0 radical (unpaired) electrons. The van der Waals surface area contributed by atoms with E-state index >= 15 is 4.39 Å². The van der Waals surface area contributed by atoms with Gasteiger partial charge in [0.05, 0.1) is 22.4 Å². The third-order valence-electron chi connectivity index (χ3n) is 9.39. The van der Waals surface area contributed by atoms with Crippen LogP contribution in [0.1, 0.15) is 0 Å². The highest BCUT2D eigenvalue weighted by molar-refractivity contribution is 6.28. The van der Waals surface area contributed by atoms with Crippen LogP contribution >= 0.6 is 0 Å². The Morgan fingerprint density at radius 2 is 1.04 bits per heavy atom. The highest BCUT2D eigenvalue weighted by Crippen LogP contribution is 2.47.